The average molecular weight is 814 g/mol. The standard InChI is InChI=1S/C55H33N3OS.C2H6/c1-3-12-34(13-4-1)55-56-47-33-51-45(32-52(47)59-55)44-30-37(23-26-50(44)57(51)39-15-5-2-6-16-39)36-22-25-49-43(29-36)41-18-7-9-20-48(41)58(49)40-17-11-14-35(28-40)38-24-27-54-46(31-38)42-19-8-10-21-53(42)60-54;1-2/h1-33H;1-2H3. The number of hydrogen-bond donors (Lipinski definition) is 0. The van der Waals surface area contributed by atoms with Crippen molar-refractivity contribution in [3.8, 4) is 45.1 Å². The summed E-state index contributed by atoms with van der Waals surface area (Å²) in [5.41, 5.74) is 14.2. The molecule has 4 aromatic heterocycles. The Labute approximate surface area is 362 Å². The normalized spacial score (nSPS) is 11.7. The van der Waals surface area contributed by atoms with Gasteiger partial charge in [0.25, 0.3) is 0 Å². The first-order valence-electron chi connectivity index (χ1n) is 21.3. The van der Waals surface area contributed by atoms with E-state index in [1.807, 2.05) is 55.5 Å². The molecular formula is C57H39N3OS. The van der Waals surface area contributed by atoms with Crippen LogP contribution in [0.1, 0.15) is 13.8 Å². The fourth-order valence-electron chi connectivity index (χ4n) is 9.34. The van der Waals surface area contributed by atoms with E-state index in [0.717, 1.165) is 50.0 Å². The highest BCUT2D eigenvalue weighted by Gasteiger charge is 2.19. The molecule has 4 heterocycles. The van der Waals surface area contributed by atoms with Crippen LogP contribution in [0.15, 0.2) is 205 Å². The van der Waals surface area contributed by atoms with Gasteiger partial charge in [0, 0.05) is 58.7 Å². The van der Waals surface area contributed by atoms with E-state index >= 15 is 0 Å². The van der Waals surface area contributed by atoms with Crippen LogP contribution in [-0.4, -0.2) is 14.1 Å². The summed E-state index contributed by atoms with van der Waals surface area (Å²) >= 11 is 1.86. The highest BCUT2D eigenvalue weighted by Crippen LogP contribution is 2.41. The van der Waals surface area contributed by atoms with Crippen molar-refractivity contribution < 1.29 is 4.42 Å². The number of fused-ring (bicyclic) bond motifs is 10. The Balaban J connectivity index is 0.00000202. The number of para-hydroxylation sites is 2. The molecule has 0 fully saturated rings. The van der Waals surface area contributed by atoms with Gasteiger partial charge in [-0.05, 0) is 119 Å². The molecule has 0 N–H and O–H groups in total. The van der Waals surface area contributed by atoms with Crippen LogP contribution in [0.2, 0.25) is 0 Å². The number of rotatable bonds is 5. The van der Waals surface area contributed by atoms with Crippen molar-refractivity contribution in [3.63, 3.8) is 0 Å². The van der Waals surface area contributed by atoms with Crippen molar-refractivity contribution in [3.05, 3.63) is 200 Å². The van der Waals surface area contributed by atoms with E-state index in [0.29, 0.717) is 5.89 Å². The maximum absolute atomic E-state index is 6.41. The lowest BCUT2D eigenvalue weighted by Crippen LogP contribution is -1.94. The van der Waals surface area contributed by atoms with Gasteiger partial charge in [0.1, 0.15) is 5.52 Å². The van der Waals surface area contributed by atoms with Crippen LogP contribution in [0.4, 0.5) is 0 Å². The van der Waals surface area contributed by atoms with E-state index in [2.05, 4.69) is 179 Å². The lowest BCUT2D eigenvalue weighted by atomic mass is 10.0. The first kappa shape index (κ1) is 36.1. The molecule has 0 spiro atoms. The van der Waals surface area contributed by atoms with Crippen LogP contribution in [0.5, 0.6) is 0 Å². The summed E-state index contributed by atoms with van der Waals surface area (Å²) in [4.78, 5) is 4.94. The molecule has 0 atom stereocenters. The predicted octanol–water partition coefficient (Wildman–Crippen LogP) is 16.4. The van der Waals surface area contributed by atoms with Crippen molar-refractivity contribution in [1.82, 2.24) is 14.1 Å². The summed E-state index contributed by atoms with van der Waals surface area (Å²) < 4.78 is 13.8. The van der Waals surface area contributed by atoms with E-state index in [-0.39, 0.29) is 0 Å². The summed E-state index contributed by atoms with van der Waals surface area (Å²) in [7, 11) is 0. The van der Waals surface area contributed by atoms with Crippen LogP contribution in [0.25, 0.3) is 120 Å². The second-order valence-electron chi connectivity index (χ2n) is 15.6. The first-order valence-corrected chi connectivity index (χ1v) is 22.1. The maximum Gasteiger partial charge on any atom is 0.227 e. The van der Waals surface area contributed by atoms with Crippen molar-refractivity contribution in [2.75, 3.05) is 0 Å². The van der Waals surface area contributed by atoms with E-state index < -0.39 is 0 Å². The van der Waals surface area contributed by atoms with Crippen LogP contribution >= 0.6 is 11.3 Å². The van der Waals surface area contributed by atoms with Gasteiger partial charge in [0.05, 0.1) is 22.1 Å². The smallest absolute Gasteiger partial charge is 0.227 e. The van der Waals surface area contributed by atoms with Crippen molar-refractivity contribution in [2.24, 2.45) is 0 Å². The molecule has 0 bridgehead atoms. The number of oxazole rings is 1. The molecule has 9 aromatic carbocycles. The zero-order valence-corrected chi connectivity index (χ0v) is 35.0. The van der Waals surface area contributed by atoms with E-state index in [1.54, 1.807) is 0 Å². The third kappa shape index (κ3) is 5.70. The average Bonchev–Trinajstić information content (AvgIpc) is 4.10. The van der Waals surface area contributed by atoms with Gasteiger partial charge in [-0.15, -0.1) is 11.3 Å². The fourth-order valence-corrected chi connectivity index (χ4v) is 10.4. The molecule has 0 aliphatic carbocycles. The van der Waals surface area contributed by atoms with Crippen molar-refractivity contribution >= 4 is 86.2 Å². The largest absolute Gasteiger partial charge is 0.436 e. The quantitative estimate of drug-likeness (QED) is 0.174. The Kier molecular flexibility index (Phi) is 8.44. The molecule has 62 heavy (non-hydrogen) atoms. The van der Waals surface area contributed by atoms with Crippen molar-refractivity contribution in [2.45, 2.75) is 13.8 Å². The third-order valence-corrected chi connectivity index (χ3v) is 13.3. The van der Waals surface area contributed by atoms with Gasteiger partial charge >= 0.3 is 0 Å². The van der Waals surface area contributed by atoms with Gasteiger partial charge in [-0.25, -0.2) is 4.98 Å². The maximum atomic E-state index is 6.41. The molecule has 0 radical (unpaired) electrons. The van der Waals surface area contributed by atoms with Gasteiger partial charge in [-0.2, -0.15) is 0 Å². The summed E-state index contributed by atoms with van der Waals surface area (Å²) in [5, 5.41) is 7.38. The van der Waals surface area contributed by atoms with Crippen LogP contribution in [-0.2, 0) is 0 Å². The second-order valence-corrected chi connectivity index (χ2v) is 16.7. The highest BCUT2D eigenvalue weighted by atomic mass is 32.1. The minimum atomic E-state index is 0.627. The molecule has 13 aromatic rings. The number of hydrogen-bond acceptors (Lipinski definition) is 3. The summed E-state index contributed by atoms with van der Waals surface area (Å²) in [6, 6.07) is 72.2. The molecular weight excluding hydrogens is 775 g/mol. The molecule has 0 amide bonds. The molecule has 0 unspecified atom stereocenters. The summed E-state index contributed by atoms with van der Waals surface area (Å²) in [6.45, 7) is 4.00. The van der Waals surface area contributed by atoms with Gasteiger partial charge in [-0.3, -0.25) is 0 Å². The second kappa shape index (κ2) is 14.5. The highest BCUT2D eigenvalue weighted by molar-refractivity contribution is 7.25. The summed E-state index contributed by atoms with van der Waals surface area (Å²) in [6.07, 6.45) is 0. The van der Waals surface area contributed by atoms with E-state index in [9.17, 15) is 0 Å². The predicted molar refractivity (Wildman–Crippen MR) is 263 cm³/mol. The Morgan fingerprint density at radius 2 is 0.903 bits per heavy atom. The Bertz CT molecular complexity index is 3830. The van der Waals surface area contributed by atoms with E-state index in [1.165, 1.54) is 64.1 Å². The molecule has 0 saturated carbocycles. The van der Waals surface area contributed by atoms with Gasteiger partial charge in [0.2, 0.25) is 5.89 Å². The Hall–Kier alpha value is -7.73. The summed E-state index contributed by atoms with van der Waals surface area (Å²) in [5.74, 6) is 0.627. The zero-order chi connectivity index (χ0) is 41.3. The van der Waals surface area contributed by atoms with E-state index in [4.69, 9.17) is 9.40 Å². The van der Waals surface area contributed by atoms with Crippen LogP contribution < -0.4 is 0 Å². The Morgan fingerprint density at radius 3 is 1.68 bits per heavy atom. The molecule has 13 rings (SSSR count). The van der Waals surface area contributed by atoms with Crippen LogP contribution in [0, 0.1) is 0 Å². The molecule has 294 valence electrons. The number of thiophene rings is 1. The van der Waals surface area contributed by atoms with Crippen molar-refractivity contribution in [1.29, 1.82) is 0 Å². The third-order valence-electron chi connectivity index (χ3n) is 12.1. The molecule has 5 heteroatoms. The minimum Gasteiger partial charge on any atom is -0.436 e. The monoisotopic (exact) mass is 813 g/mol. The minimum absolute atomic E-state index is 0.627. The lowest BCUT2D eigenvalue weighted by molar-refractivity contribution is 0.620. The number of benzene rings is 9. The molecule has 0 aliphatic rings. The lowest BCUT2D eigenvalue weighted by Gasteiger charge is -2.11. The van der Waals surface area contributed by atoms with Gasteiger partial charge < -0.3 is 13.6 Å². The zero-order valence-electron chi connectivity index (χ0n) is 34.2. The molecule has 0 aliphatic heterocycles. The van der Waals surface area contributed by atoms with Gasteiger partial charge in [0.15, 0.2) is 5.58 Å². The van der Waals surface area contributed by atoms with Crippen LogP contribution in [0.3, 0.4) is 0 Å². The topological polar surface area (TPSA) is 35.9 Å². The molecule has 0 saturated heterocycles. The van der Waals surface area contributed by atoms with Gasteiger partial charge in [-0.1, -0.05) is 117 Å². The fraction of sp³-hybridized carbons (Fsp3) is 0.0351. The Morgan fingerprint density at radius 1 is 0.371 bits per heavy atom. The first-order chi connectivity index (χ1) is 30.7. The molecule has 4 nitrogen and oxygen atoms in total. The number of nitrogens with zero attached hydrogens (tertiary/aromatic N) is 3. The number of aromatic nitrogens is 3. The SMILES string of the molecule is CC.c1ccc(-c2nc3cc4c(cc3o2)c2cc(-c3ccc5c(c3)c3ccccc3n5-c3cccc(-c5ccc6sc7ccccc7c6c5)c3)ccc2n4-c2ccccc2)cc1.